The first-order valence-corrected chi connectivity index (χ1v) is 7.64. The maximum atomic E-state index is 3.71. The molecule has 2 aliphatic rings. The summed E-state index contributed by atoms with van der Waals surface area (Å²) in [7, 11) is 2.24. The van der Waals surface area contributed by atoms with E-state index in [4.69, 9.17) is 0 Å². The van der Waals surface area contributed by atoms with Crippen LogP contribution in [-0.2, 0) is 6.42 Å². The number of anilines is 1. The highest BCUT2D eigenvalue weighted by molar-refractivity contribution is 5.59. The van der Waals surface area contributed by atoms with E-state index in [1.807, 2.05) is 0 Å². The second kappa shape index (κ2) is 4.82. The molecule has 0 amide bonds. The molecule has 2 heteroatoms. The van der Waals surface area contributed by atoms with Gasteiger partial charge in [-0.25, -0.2) is 0 Å². The summed E-state index contributed by atoms with van der Waals surface area (Å²) >= 11 is 0. The molecule has 19 heavy (non-hydrogen) atoms. The molecule has 0 aromatic heterocycles. The van der Waals surface area contributed by atoms with Crippen molar-refractivity contribution >= 4 is 5.69 Å². The Kier molecular flexibility index (Phi) is 3.30. The second-order valence-electron chi connectivity index (χ2n) is 6.96. The van der Waals surface area contributed by atoms with Gasteiger partial charge >= 0.3 is 0 Å². The van der Waals surface area contributed by atoms with Crippen LogP contribution in [0.15, 0.2) is 18.2 Å². The third-order valence-corrected chi connectivity index (χ3v) is 4.84. The molecule has 1 N–H and O–H groups in total. The van der Waals surface area contributed by atoms with Crippen LogP contribution in [0.3, 0.4) is 0 Å². The Morgan fingerprint density at radius 1 is 1.21 bits per heavy atom. The lowest BCUT2D eigenvalue weighted by molar-refractivity contribution is 0.254. The molecule has 2 heterocycles. The predicted molar refractivity (Wildman–Crippen MR) is 81.9 cm³/mol. The zero-order valence-corrected chi connectivity index (χ0v) is 12.5. The van der Waals surface area contributed by atoms with Gasteiger partial charge < -0.3 is 10.2 Å². The van der Waals surface area contributed by atoms with Crippen LogP contribution in [0.1, 0.15) is 50.2 Å². The van der Waals surface area contributed by atoms with Crippen molar-refractivity contribution in [3.63, 3.8) is 0 Å². The van der Waals surface area contributed by atoms with Crippen LogP contribution in [0.2, 0.25) is 0 Å². The summed E-state index contributed by atoms with van der Waals surface area (Å²) in [6.07, 6.45) is 5.11. The Hall–Kier alpha value is -1.02. The van der Waals surface area contributed by atoms with Crippen molar-refractivity contribution in [1.29, 1.82) is 0 Å². The van der Waals surface area contributed by atoms with Crippen LogP contribution in [-0.4, -0.2) is 30.6 Å². The van der Waals surface area contributed by atoms with Crippen LogP contribution < -0.4 is 5.32 Å². The number of nitrogens with one attached hydrogen (secondary N) is 1. The summed E-state index contributed by atoms with van der Waals surface area (Å²) in [4.78, 5) is 2.45. The molecule has 1 fully saturated rings. The Bertz CT molecular complexity index is 456. The molecule has 3 rings (SSSR count). The summed E-state index contributed by atoms with van der Waals surface area (Å²) in [5, 5.41) is 3.71. The minimum atomic E-state index is 0.248. The van der Waals surface area contributed by atoms with E-state index < -0.39 is 0 Å². The van der Waals surface area contributed by atoms with Gasteiger partial charge in [0, 0.05) is 11.2 Å². The Morgan fingerprint density at radius 2 is 1.95 bits per heavy atom. The van der Waals surface area contributed by atoms with Gasteiger partial charge in [0.1, 0.15) is 0 Å². The fourth-order valence-electron chi connectivity index (χ4n) is 3.57. The van der Waals surface area contributed by atoms with Crippen LogP contribution in [0.25, 0.3) is 0 Å². The van der Waals surface area contributed by atoms with E-state index in [9.17, 15) is 0 Å². The number of piperidine rings is 1. The first-order valence-electron chi connectivity index (χ1n) is 7.64. The molecule has 1 saturated heterocycles. The highest BCUT2D eigenvalue weighted by atomic mass is 15.1. The minimum Gasteiger partial charge on any atom is -0.380 e. The van der Waals surface area contributed by atoms with Gasteiger partial charge in [-0.15, -0.1) is 0 Å². The first kappa shape index (κ1) is 13.0. The van der Waals surface area contributed by atoms with Gasteiger partial charge in [-0.05, 0) is 82.8 Å². The number of hydrogen-bond donors (Lipinski definition) is 1. The van der Waals surface area contributed by atoms with E-state index in [1.165, 1.54) is 44.5 Å². The molecular formula is C17H26N2. The molecule has 1 aromatic carbocycles. The normalized spacial score (nSPS) is 23.7. The van der Waals surface area contributed by atoms with Crippen molar-refractivity contribution in [1.82, 2.24) is 4.90 Å². The highest BCUT2D eigenvalue weighted by Crippen LogP contribution is 2.38. The summed E-state index contributed by atoms with van der Waals surface area (Å²) in [5.41, 5.74) is 4.84. The third-order valence-electron chi connectivity index (χ3n) is 4.84. The van der Waals surface area contributed by atoms with Gasteiger partial charge in [0.2, 0.25) is 0 Å². The number of rotatable bonds is 1. The lowest BCUT2D eigenvalue weighted by atomic mass is 9.81. The SMILES string of the molecule is CN1CCC(c2cccc3c2CCC(C)(C)N3)CC1. The number of likely N-dealkylation sites (tertiary alicyclic amines) is 1. The quantitative estimate of drug-likeness (QED) is 0.827. The molecule has 0 saturated carbocycles. The molecule has 0 aliphatic carbocycles. The zero-order valence-electron chi connectivity index (χ0n) is 12.5. The van der Waals surface area contributed by atoms with Crippen LogP contribution in [0, 0.1) is 0 Å². The average molecular weight is 258 g/mol. The minimum absolute atomic E-state index is 0.248. The van der Waals surface area contributed by atoms with Gasteiger partial charge in [-0.2, -0.15) is 0 Å². The molecule has 1 aromatic rings. The van der Waals surface area contributed by atoms with Crippen LogP contribution in [0.4, 0.5) is 5.69 Å². The summed E-state index contributed by atoms with van der Waals surface area (Å²) < 4.78 is 0. The van der Waals surface area contributed by atoms with Crippen molar-refractivity contribution in [3.05, 3.63) is 29.3 Å². The molecular weight excluding hydrogens is 232 g/mol. The van der Waals surface area contributed by atoms with Crippen molar-refractivity contribution in [2.75, 3.05) is 25.5 Å². The summed E-state index contributed by atoms with van der Waals surface area (Å²) in [6.45, 7) is 7.09. The molecule has 0 spiro atoms. The Labute approximate surface area is 117 Å². The third kappa shape index (κ3) is 2.64. The topological polar surface area (TPSA) is 15.3 Å². The lowest BCUT2D eigenvalue weighted by Gasteiger charge is -2.37. The van der Waals surface area contributed by atoms with Crippen LogP contribution in [0.5, 0.6) is 0 Å². The monoisotopic (exact) mass is 258 g/mol. The van der Waals surface area contributed by atoms with Gasteiger partial charge in [0.25, 0.3) is 0 Å². The molecule has 104 valence electrons. The van der Waals surface area contributed by atoms with E-state index in [0.717, 1.165) is 5.92 Å². The van der Waals surface area contributed by atoms with Crippen molar-refractivity contribution in [2.24, 2.45) is 0 Å². The van der Waals surface area contributed by atoms with Crippen LogP contribution >= 0.6 is 0 Å². The summed E-state index contributed by atoms with van der Waals surface area (Å²) in [5.74, 6) is 0.772. The predicted octanol–water partition coefficient (Wildman–Crippen LogP) is 3.63. The van der Waals surface area contributed by atoms with Crippen molar-refractivity contribution in [3.8, 4) is 0 Å². The Balaban J connectivity index is 1.87. The fraction of sp³-hybridized carbons (Fsp3) is 0.647. The van der Waals surface area contributed by atoms with Gasteiger partial charge in [0.15, 0.2) is 0 Å². The van der Waals surface area contributed by atoms with E-state index in [-0.39, 0.29) is 5.54 Å². The fourth-order valence-corrected chi connectivity index (χ4v) is 3.57. The van der Waals surface area contributed by atoms with E-state index in [0.29, 0.717) is 0 Å². The number of fused-ring (bicyclic) bond motifs is 1. The van der Waals surface area contributed by atoms with Gasteiger partial charge in [-0.3, -0.25) is 0 Å². The zero-order chi connectivity index (χ0) is 13.5. The van der Waals surface area contributed by atoms with Gasteiger partial charge in [-0.1, -0.05) is 12.1 Å². The molecule has 2 aliphatic heterocycles. The summed E-state index contributed by atoms with van der Waals surface area (Å²) in [6, 6.07) is 6.87. The van der Waals surface area contributed by atoms with E-state index >= 15 is 0 Å². The maximum absolute atomic E-state index is 3.71. The number of nitrogens with zero attached hydrogens (tertiary/aromatic N) is 1. The molecule has 0 radical (unpaired) electrons. The standard InChI is InChI=1S/C17H26N2/c1-17(2)10-7-15-14(5-4-6-16(15)18-17)13-8-11-19(3)12-9-13/h4-6,13,18H,7-12H2,1-3H3. The smallest absolute Gasteiger partial charge is 0.0379 e. The highest BCUT2D eigenvalue weighted by Gasteiger charge is 2.28. The largest absolute Gasteiger partial charge is 0.380 e. The first-order chi connectivity index (χ1) is 9.05. The van der Waals surface area contributed by atoms with Gasteiger partial charge in [0.05, 0.1) is 0 Å². The molecule has 0 atom stereocenters. The lowest BCUT2D eigenvalue weighted by Crippen LogP contribution is -2.36. The molecule has 2 nitrogen and oxygen atoms in total. The van der Waals surface area contributed by atoms with E-state index in [2.05, 4.69) is 49.3 Å². The Morgan fingerprint density at radius 3 is 2.68 bits per heavy atom. The maximum Gasteiger partial charge on any atom is 0.0379 e. The average Bonchev–Trinajstić information content (AvgIpc) is 2.37. The second-order valence-corrected chi connectivity index (χ2v) is 6.96. The van der Waals surface area contributed by atoms with Crippen molar-refractivity contribution < 1.29 is 0 Å². The molecule has 0 unspecified atom stereocenters. The number of benzene rings is 1. The number of hydrogen-bond acceptors (Lipinski definition) is 2. The van der Waals surface area contributed by atoms with Crippen molar-refractivity contribution in [2.45, 2.75) is 51.0 Å². The molecule has 0 bridgehead atoms. The van der Waals surface area contributed by atoms with E-state index in [1.54, 1.807) is 11.1 Å².